The van der Waals surface area contributed by atoms with Crippen LogP contribution in [-0.2, 0) is 0 Å². The lowest BCUT2D eigenvalue weighted by atomic mass is 10.2. The monoisotopic (exact) mass is 263 g/mol. The molecule has 4 nitrogen and oxygen atoms in total. The Morgan fingerprint density at radius 2 is 1.84 bits per heavy atom. The van der Waals surface area contributed by atoms with E-state index in [-0.39, 0.29) is 0 Å². The summed E-state index contributed by atoms with van der Waals surface area (Å²) in [5, 5.41) is 0. The first-order valence-electron chi connectivity index (χ1n) is 7.12. The molecule has 0 atom stereocenters. The number of hydrogen-bond acceptors (Lipinski definition) is 4. The second-order valence-electron chi connectivity index (χ2n) is 5.31. The number of nitrogens with zero attached hydrogens (tertiary/aromatic N) is 2. The molecular weight excluding hydrogens is 238 g/mol. The van der Waals surface area contributed by atoms with Crippen LogP contribution in [0.4, 0.5) is 11.4 Å². The number of hydrogen-bond donors (Lipinski definition) is 1. The van der Waals surface area contributed by atoms with E-state index in [2.05, 4.69) is 29.7 Å². The minimum Gasteiger partial charge on any atom is -0.494 e. The summed E-state index contributed by atoms with van der Waals surface area (Å²) in [4.78, 5) is 4.89. The second-order valence-corrected chi connectivity index (χ2v) is 5.31. The molecule has 0 bridgehead atoms. The lowest BCUT2D eigenvalue weighted by molar-refractivity contribution is 0.209. The number of benzene rings is 1. The van der Waals surface area contributed by atoms with E-state index in [9.17, 15) is 0 Å². The van der Waals surface area contributed by atoms with Gasteiger partial charge in [0.1, 0.15) is 5.75 Å². The maximum absolute atomic E-state index is 5.95. The van der Waals surface area contributed by atoms with E-state index in [0.29, 0.717) is 12.6 Å². The Hall–Kier alpha value is -1.42. The zero-order valence-electron chi connectivity index (χ0n) is 12.2. The van der Waals surface area contributed by atoms with E-state index in [1.165, 1.54) is 5.69 Å². The SMILES string of the molecule is CCOc1cc(N)cc(N2CCN(C(C)C)CC2)c1. The Balaban J connectivity index is 2.06. The van der Waals surface area contributed by atoms with Crippen LogP contribution in [0.15, 0.2) is 18.2 Å². The highest BCUT2D eigenvalue weighted by atomic mass is 16.5. The highest BCUT2D eigenvalue weighted by molar-refractivity contribution is 5.60. The Morgan fingerprint density at radius 3 is 2.42 bits per heavy atom. The average molecular weight is 263 g/mol. The number of rotatable bonds is 4. The molecule has 2 rings (SSSR count). The molecule has 4 heteroatoms. The van der Waals surface area contributed by atoms with Crippen LogP contribution < -0.4 is 15.4 Å². The number of anilines is 2. The second kappa shape index (κ2) is 6.15. The van der Waals surface area contributed by atoms with Gasteiger partial charge in [0.25, 0.3) is 0 Å². The van der Waals surface area contributed by atoms with Gasteiger partial charge in [0, 0.05) is 55.7 Å². The van der Waals surface area contributed by atoms with Crippen molar-refractivity contribution in [3.05, 3.63) is 18.2 Å². The number of piperazine rings is 1. The van der Waals surface area contributed by atoms with Crippen LogP contribution in [0.2, 0.25) is 0 Å². The maximum atomic E-state index is 5.95. The van der Waals surface area contributed by atoms with E-state index < -0.39 is 0 Å². The Morgan fingerprint density at radius 1 is 1.16 bits per heavy atom. The smallest absolute Gasteiger partial charge is 0.123 e. The molecule has 19 heavy (non-hydrogen) atoms. The third kappa shape index (κ3) is 3.53. The molecule has 1 aromatic carbocycles. The van der Waals surface area contributed by atoms with Crippen LogP contribution in [0.1, 0.15) is 20.8 Å². The number of nitrogens with two attached hydrogens (primary N) is 1. The largest absolute Gasteiger partial charge is 0.494 e. The van der Waals surface area contributed by atoms with Gasteiger partial charge in [-0.05, 0) is 26.8 Å². The number of ether oxygens (including phenoxy) is 1. The highest BCUT2D eigenvalue weighted by Gasteiger charge is 2.19. The fourth-order valence-electron chi connectivity index (χ4n) is 2.53. The van der Waals surface area contributed by atoms with E-state index in [0.717, 1.165) is 37.6 Å². The summed E-state index contributed by atoms with van der Waals surface area (Å²) in [6.45, 7) is 11.5. The van der Waals surface area contributed by atoms with Gasteiger partial charge in [-0.3, -0.25) is 4.90 Å². The van der Waals surface area contributed by atoms with Crippen molar-refractivity contribution >= 4 is 11.4 Å². The predicted octanol–water partition coefficient (Wildman–Crippen LogP) is 2.20. The van der Waals surface area contributed by atoms with Gasteiger partial charge in [-0.2, -0.15) is 0 Å². The van der Waals surface area contributed by atoms with Gasteiger partial charge in [-0.1, -0.05) is 0 Å². The standard InChI is InChI=1S/C15H25N3O/c1-4-19-15-10-13(16)9-14(11-15)18-7-5-17(6-8-18)12(2)3/h9-12H,4-8,16H2,1-3H3. The molecular formula is C15H25N3O. The molecule has 1 heterocycles. The van der Waals surface area contributed by atoms with Crippen molar-refractivity contribution in [2.24, 2.45) is 0 Å². The first kappa shape index (κ1) is 14.0. The zero-order valence-corrected chi connectivity index (χ0v) is 12.2. The van der Waals surface area contributed by atoms with Gasteiger partial charge >= 0.3 is 0 Å². The van der Waals surface area contributed by atoms with Gasteiger partial charge in [-0.25, -0.2) is 0 Å². The predicted molar refractivity (Wildman–Crippen MR) is 80.9 cm³/mol. The van der Waals surface area contributed by atoms with E-state index in [1.807, 2.05) is 19.1 Å². The van der Waals surface area contributed by atoms with Gasteiger partial charge in [0.05, 0.1) is 6.61 Å². The minimum atomic E-state index is 0.627. The van der Waals surface area contributed by atoms with Crippen molar-refractivity contribution in [3.63, 3.8) is 0 Å². The molecule has 1 saturated heterocycles. The van der Waals surface area contributed by atoms with Crippen LogP contribution in [-0.4, -0.2) is 43.7 Å². The molecule has 0 aliphatic carbocycles. The van der Waals surface area contributed by atoms with Crippen molar-refractivity contribution in [1.82, 2.24) is 4.90 Å². The molecule has 0 unspecified atom stereocenters. The van der Waals surface area contributed by atoms with Crippen LogP contribution in [0, 0.1) is 0 Å². The maximum Gasteiger partial charge on any atom is 0.123 e. The van der Waals surface area contributed by atoms with Crippen molar-refractivity contribution < 1.29 is 4.74 Å². The fraction of sp³-hybridized carbons (Fsp3) is 0.600. The van der Waals surface area contributed by atoms with Crippen molar-refractivity contribution in [2.75, 3.05) is 43.4 Å². The molecule has 0 aromatic heterocycles. The summed E-state index contributed by atoms with van der Waals surface area (Å²) in [5.74, 6) is 0.865. The van der Waals surface area contributed by atoms with Crippen molar-refractivity contribution in [2.45, 2.75) is 26.8 Å². The lowest BCUT2D eigenvalue weighted by Crippen LogP contribution is -2.48. The third-order valence-electron chi connectivity index (χ3n) is 3.63. The Bertz CT molecular complexity index is 412. The van der Waals surface area contributed by atoms with E-state index in [1.54, 1.807) is 0 Å². The summed E-state index contributed by atoms with van der Waals surface area (Å²) in [6, 6.07) is 6.64. The van der Waals surface area contributed by atoms with Crippen LogP contribution in [0.25, 0.3) is 0 Å². The topological polar surface area (TPSA) is 41.7 Å². The van der Waals surface area contributed by atoms with E-state index in [4.69, 9.17) is 10.5 Å². The van der Waals surface area contributed by atoms with Crippen LogP contribution in [0.5, 0.6) is 5.75 Å². The zero-order chi connectivity index (χ0) is 13.8. The van der Waals surface area contributed by atoms with Gasteiger partial charge < -0.3 is 15.4 Å². The molecule has 0 radical (unpaired) electrons. The first-order valence-corrected chi connectivity index (χ1v) is 7.12. The molecule has 1 aromatic rings. The van der Waals surface area contributed by atoms with Gasteiger partial charge in [-0.15, -0.1) is 0 Å². The molecule has 0 amide bonds. The Labute approximate surface area is 116 Å². The highest BCUT2D eigenvalue weighted by Crippen LogP contribution is 2.26. The molecule has 1 aliphatic heterocycles. The molecule has 1 fully saturated rings. The van der Waals surface area contributed by atoms with Gasteiger partial charge in [0.2, 0.25) is 0 Å². The average Bonchev–Trinajstić information content (AvgIpc) is 2.38. The summed E-state index contributed by atoms with van der Waals surface area (Å²) < 4.78 is 5.56. The summed E-state index contributed by atoms with van der Waals surface area (Å²) in [5.41, 5.74) is 7.90. The summed E-state index contributed by atoms with van der Waals surface area (Å²) >= 11 is 0. The van der Waals surface area contributed by atoms with Crippen LogP contribution >= 0.6 is 0 Å². The lowest BCUT2D eigenvalue weighted by Gasteiger charge is -2.38. The number of nitrogen functional groups attached to an aromatic ring is 1. The molecule has 0 spiro atoms. The first-order chi connectivity index (χ1) is 9.10. The third-order valence-corrected chi connectivity index (χ3v) is 3.63. The van der Waals surface area contributed by atoms with E-state index >= 15 is 0 Å². The quantitative estimate of drug-likeness (QED) is 0.846. The van der Waals surface area contributed by atoms with Crippen molar-refractivity contribution in [1.29, 1.82) is 0 Å². The molecule has 106 valence electrons. The fourth-order valence-corrected chi connectivity index (χ4v) is 2.53. The van der Waals surface area contributed by atoms with Crippen molar-refractivity contribution in [3.8, 4) is 5.75 Å². The normalized spacial score (nSPS) is 16.9. The Kier molecular flexibility index (Phi) is 4.53. The molecule has 2 N–H and O–H groups in total. The summed E-state index contributed by atoms with van der Waals surface area (Å²) in [7, 11) is 0. The summed E-state index contributed by atoms with van der Waals surface area (Å²) in [6.07, 6.45) is 0. The van der Waals surface area contributed by atoms with Gasteiger partial charge in [0.15, 0.2) is 0 Å². The minimum absolute atomic E-state index is 0.627. The molecule has 0 saturated carbocycles. The molecule has 1 aliphatic rings. The van der Waals surface area contributed by atoms with Crippen LogP contribution in [0.3, 0.4) is 0 Å².